The second-order valence-corrected chi connectivity index (χ2v) is 8.02. The molecule has 0 saturated heterocycles. The van der Waals surface area contributed by atoms with Crippen LogP contribution in [0.3, 0.4) is 0 Å². The molecule has 0 N–H and O–H groups in total. The fraction of sp³-hybridized carbons (Fsp3) is 0.211. The molecule has 0 fully saturated rings. The molecule has 0 radical (unpaired) electrons. The van der Waals surface area contributed by atoms with Crippen molar-refractivity contribution in [2.24, 2.45) is 0 Å². The van der Waals surface area contributed by atoms with Gasteiger partial charge in [-0.05, 0) is 41.8 Å². The van der Waals surface area contributed by atoms with Crippen molar-refractivity contribution in [1.29, 1.82) is 0 Å². The van der Waals surface area contributed by atoms with Crippen LogP contribution in [-0.2, 0) is 6.54 Å². The van der Waals surface area contributed by atoms with Crippen LogP contribution in [0, 0.1) is 0 Å². The van der Waals surface area contributed by atoms with Crippen LogP contribution in [-0.4, -0.2) is 20.8 Å². The molecule has 2 aromatic heterocycles. The van der Waals surface area contributed by atoms with E-state index in [2.05, 4.69) is 23.8 Å². The van der Waals surface area contributed by atoms with Crippen molar-refractivity contribution in [3.63, 3.8) is 0 Å². The number of aldehydes is 1. The van der Waals surface area contributed by atoms with Crippen molar-refractivity contribution in [2.45, 2.75) is 36.2 Å². The molecule has 0 bridgehead atoms. The summed E-state index contributed by atoms with van der Waals surface area (Å²) in [6.45, 7) is 4.65. The van der Waals surface area contributed by atoms with Gasteiger partial charge in [-0.25, -0.2) is 4.98 Å². The van der Waals surface area contributed by atoms with Crippen LogP contribution in [0.2, 0.25) is 10.0 Å². The molecule has 3 rings (SSSR count). The van der Waals surface area contributed by atoms with Gasteiger partial charge >= 0.3 is 0 Å². The molecule has 2 heterocycles. The molecule has 3 aromatic rings. The summed E-state index contributed by atoms with van der Waals surface area (Å²) in [5.41, 5.74) is 1.92. The van der Waals surface area contributed by atoms with Crippen molar-refractivity contribution in [2.75, 3.05) is 0 Å². The predicted molar refractivity (Wildman–Crippen MR) is 106 cm³/mol. The van der Waals surface area contributed by atoms with E-state index in [9.17, 15) is 4.79 Å². The second kappa shape index (κ2) is 8.25. The van der Waals surface area contributed by atoms with Gasteiger partial charge in [0.05, 0.1) is 12.2 Å². The lowest BCUT2D eigenvalue weighted by molar-refractivity contribution is 0.111. The Bertz CT molecular complexity index is 906. The zero-order chi connectivity index (χ0) is 18.7. The first-order chi connectivity index (χ1) is 12.5. The predicted octanol–water partition coefficient (Wildman–Crippen LogP) is 5.72. The normalized spacial score (nSPS) is 11.1. The van der Waals surface area contributed by atoms with Crippen LogP contribution in [0.4, 0.5) is 0 Å². The molecule has 0 amide bonds. The average molecular weight is 406 g/mol. The van der Waals surface area contributed by atoms with Gasteiger partial charge in [-0.3, -0.25) is 9.78 Å². The van der Waals surface area contributed by atoms with E-state index in [0.29, 0.717) is 22.4 Å². The first kappa shape index (κ1) is 19.0. The molecular weight excluding hydrogens is 389 g/mol. The maximum atomic E-state index is 11.6. The number of pyridine rings is 1. The summed E-state index contributed by atoms with van der Waals surface area (Å²) in [5, 5.41) is 2.06. The number of carbonyl (C=O) groups excluding carboxylic acids is 1. The Hall–Kier alpha value is -1.82. The lowest BCUT2D eigenvalue weighted by Gasteiger charge is -2.12. The highest BCUT2D eigenvalue weighted by molar-refractivity contribution is 7.99. The quantitative estimate of drug-likeness (QED) is 0.491. The van der Waals surface area contributed by atoms with E-state index in [1.54, 1.807) is 18.5 Å². The summed E-state index contributed by atoms with van der Waals surface area (Å²) in [5.74, 6) is 0.575. The van der Waals surface area contributed by atoms with Gasteiger partial charge in [0.15, 0.2) is 12.1 Å². The van der Waals surface area contributed by atoms with Crippen molar-refractivity contribution in [3.05, 3.63) is 69.9 Å². The van der Waals surface area contributed by atoms with Crippen molar-refractivity contribution in [3.8, 4) is 0 Å². The maximum absolute atomic E-state index is 11.6. The number of aromatic nitrogens is 3. The molecule has 134 valence electrons. The monoisotopic (exact) mass is 405 g/mol. The van der Waals surface area contributed by atoms with Crippen LogP contribution in [0.5, 0.6) is 0 Å². The molecule has 0 atom stereocenters. The van der Waals surface area contributed by atoms with Crippen molar-refractivity contribution in [1.82, 2.24) is 14.5 Å². The van der Waals surface area contributed by atoms with Crippen LogP contribution in [0.15, 0.2) is 52.6 Å². The molecule has 4 nitrogen and oxygen atoms in total. The highest BCUT2D eigenvalue weighted by Gasteiger charge is 2.20. The molecule has 7 heteroatoms. The zero-order valence-electron chi connectivity index (χ0n) is 14.3. The zero-order valence-corrected chi connectivity index (χ0v) is 16.6. The van der Waals surface area contributed by atoms with Gasteiger partial charge in [-0.1, -0.05) is 48.8 Å². The lowest BCUT2D eigenvalue weighted by atomic mass is 10.1. The van der Waals surface area contributed by atoms with Gasteiger partial charge in [0, 0.05) is 27.3 Å². The first-order valence-electron chi connectivity index (χ1n) is 8.06. The number of nitrogens with zero attached hydrogens (tertiary/aromatic N) is 3. The van der Waals surface area contributed by atoms with E-state index in [4.69, 9.17) is 23.2 Å². The molecule has 0 aliphatic heterocycles. The first-order valence-corrected chi connectivity index (χ1v) is 9.63. The smallest absolute Gasteiger partial charge is 0.185 e. The molecule has 1 aromatic carbocycles. The van der Waals surface area contributed by atoms with E-state index in [1.807, 2.05) is 28.8 Å². The molecule has 0 spiro atoms. The standard InChI is InChI=1S/C19H17Cl2N3OS/c1-12(2)18-19(26-16-8-14(20)7-15(21)9-16)24(17(11-25)23-18)10-13-3-5-22-6-4-13/h3-9,11-12H,10H2,1-2H3. The highest BCUT2D eigenvalue weighted by Crippen LogP contribution is 2.37. The van der Waals surface area contributed by atoms with Gasteiger partial charge in [0.25, 0.3) is 0 Å². The average Bonchev–Trinajstić information content (AvgIpc) is 2.93. The Morgan fingerprint density at radius 3 is 2.38 bits per heavy atom. The van der Waals surface area contributed by atoms with Gasteiger partial charge in [-0.2, -0.15) is 0 Å². The second-order valence-electron chi connectivity index (χ2n) is 6.08. The fourth-order valence-corrected chi connectivity index (χ4v) is 4.47. The Kier molecular flexibility index (Phi) is 6.01. The summed E-state index contributed by atoms with van der Waals surface area (Å²) in [4.78, 5) is 21.1. The Labute approximate surface area is 166 Å². The third kappa shape index (κ3) is 4.29. The van der Waals surface area contributed by atoms with Crippen molar-refractivity contribution >= 4 is 41.2 Å². The number of hydrogen-bond donors (Lipinski definition) is 0. The Balaban J connectivity index is 2.08. The van der Waals surface area contributed by atoms with E-state index in [1.165, 1.54) is 11.8 Å². The minimum atomic E-state index is 0.171. The molecule has 26 heavy (non-hydrogen) atoms. The number of hydrogen-bond acceptors (Lipinski definition) is 4. The fourth-order valence-electron chi connectivity index (χ4n) is 2.57. The van der Waals surface area contributed by atoms with E-state index >= 15 is 0 Å². The number of imidazole rings is 1. The molecule has 0 unspecified atom stereocenters. The third-order valence-corrected chi connectivity index (χ3v) is 5.30. The Morgan fingerprint density at radius 2 is 1.81 bits per heavy atom. The van der Waals surface area contributed by atoms with E-state index in [0.717, 1.165) is 27.5 Å². The lowest BCUT2D eigenvalue weighted by Crippen LogP contribution is -2.06. The SMILES string of the molecule is CC(C)c1nc(C=O)n(Cc2ccncc2)c1Sc1cc(Cl)cc(Cl)c1. The van der Waals surface area contributed by atoms with Crippen LogP contribution < -0.4 is 0 Å². The summed E-state index contributed by atoms with van der Waals surface area (Å²) in [7, 11) is 0. The summed E-state index contributed by atoms with van der Waals surface area (Å²) >= 11 is 13.8. The summed E-state index contributed by atoms with van der Waals surface area (Å²) < 4.78 is 1.93. The highest BCUT2D eigenvalue weighted by atomic mass is 35.5. The minimum Gasteiger partial charge on any atom is -0.312 e. The molecule has 0 aliphatic rings. The van der Waals surface area contributed by atoms with Crippen molar-refractivity contribution < 1.29 is 4.79 Å². The van der Waals surface area contributed by atoms with E-state index < -0.39 is 0 Å². The van der Waals surface area contributed by atoms with Gasteiger partial charge in [0.2, 0.25) is 0 Å². The number of rotatable bonds is 6. The number of carbonyl (C=O) groups is 1. The van der Waals surface area contributed by atoms with Gasteiger partial charge in [0.1, 0.15) is 5.03 Å². The largest absolute Gasteiger partial charge is 0.312 e. The topological polar surface area (TPSA) is 47.8 Å². The van der Waals surface area contributed by atoms with Crippen LogP contribution in [0.1, 0.15) is 41.6 Å². The number of benzene rings is 1. The molecular formula is C19H17Cl2N3OS. The van der Waals surface area contributed by atoms with E-state index in [-0.39, 0.29) is 5.92 Å². The molecule has 0 saturated carbocycles. The van der Waals surface area contributed by atoms with Crippen LogP contribution in [0.25, 0.3) is 0 Å². The molecule has 0 aliphatic carbocycles. The third-order valence-electron chi connectivity index (χ3n) is 3.77. The maximum Gasteiger partial charge on any atom is 0.185 e. The number of halogens is 2. The summed E-state index contributed by atoms with van der Waals surface area (Å²) in [6, 6.07) is 9.25. The van der Waals surface area contributed by atoms with Crippen LogP contribution >= 0.6 is 35.0 Å². The van der Waals surface area contributed by atoms with Gasteiger partial charge < -0.3 is 4.57 Å². The van der Waals surface area contributed by atoms with Gasteiger partial charge in [-0.15, -0.1) is 0 Å². The Morgan fingerprint density at radius 1 is 1.15 bits per heavy atom. The minimum absolute atomic E-state index is 0.171. The summed E-state index contributed by atoms with van der Waals surface area (Å²) in [6.07, 6.45) is 4.27.